The molecule has 0 aliphatic carbocycles. The molecule has 1 heterocycles. The number of benzene rings is 1. The van der Waals surface area contributed by atoms with Crippen molar-refractivity contribution in [1.29, 1.82) is 0 Å². The number of thiophene rings is 1. The predicted molar refractivity (Wildman–Crippen MR) is 77.3 cm³/mol. The largest absolute Gasteiger partial charge is 0.262 e. The van der Waals surface area contributed by atoms with Crippen LogP contribution >= 0.6 is 22.0 Å². The van der Waals surface area contributed by atoms with Gasteiger partial charge in [0, 0.05) is 15.6 Å². The lowest BCUT2D eigenvalue weighted by atomic mass is 10.1. The summed E-state index contributed by atoms with van der Waals surface area (Å²) >= 11 is 1.37. The number of allylic oxidation sites excluding steroid dienone is 1. The maximum atomic E-state index is 11.4. The molecule has 5 heteroatoms. The molecule has 0 N–H and O–H groups in total. The highest BCUT2D eigenvalue weighted by molar-refractivity contribution is 8.13. The molecule has 0 saturated heterocycles. The van der Waals surface area contributed by atoms with E-state index >= 15 is 0 Å². The quantitative estimate of drug-likeness (QED) is 0.794. The first-order valence-electron chi connectivity index (χ1n) is 5.24. The van der Waals surface area contributed by atoms with Crippen molar-refractivity contribution in [1.82, 2.24) is 0 Å². The smallest absolute Gasteiger partial charge is 0.207 e. The van der Waals surface area contributed by atoms with Gasteiger partial charge in [-0.15, -0.1) is 11.3 Å². The van der Waals surface area contributed by atoms with Crippen LogP contribution in [0.5, 0.6) is 0 Å². The van der Waals surface area contributed by atoms with Crippen LogP contribution in [0.25, 0.3) is 11.6 Å². The molecular weight excluding hydrogens is 288 g/mol. The van der Waals surface area contributed by atoms with E-state index in [-0.39, 0.29) is 4.90 Å². The Morgan fingerprint density at radius 2 is 1.89 bits per heavy atom. The van der Waals surface area contributed by atoms with E-state index in [0.717, 1.165) is 11.1 Å². The Morgan fingerprint density at radius 1 is 1.22 bits per heavy atom. The summed E-state index contributed by atoms with van der Waals surface area (Å²) in [7, 11) is 1.72. The molecule has 0 bridgehead atoms. The van der Waals surface area contributed by atoms with Gasteiger partial charge in [0.25, 0.3) is 9.05 Å². The molecule has 0 atom stereocenters. The van der Waals surface area contributed by atoms with Crippen LogP contribution in [0.1, 0.15) is 17.4 Å². The molecule has 0 radical (unpaired) electrons. The first kappa shape index (κ1) is 13.3. The van der Waals surface area contributed by atoms with Crippen molar-refractivity contribution >= 4 is 42.7 Å². The third-order valence-corrected chi connectivity index (χ3v) is 4.98. The van der Waals surface area contributed by atoms with Gasteiger partial charge >= 0.3 is 0 Å². The molecule has 0 saturated carbocycles. The Hall–Kier alpha value is -1.10. The van der Waals surface area contributed by atoms with Gasteiger partial charge in [0.15, 0.2) is 0 Å². The summed E-state index contributed by atoms with van der Waals surface area (Å²) in [5, 5.41) is 1.73. The predicted octanol–water partition coefficient (Wildman–Crippen LogP) is 4.24. The van der Waals surface area contributed by atoms with Gasteiger partial charge in [-0.2, -0.15) is 0 Å². The molecule has 0 aliphatic heterocycles. The average Bonchev–Trinajstić information content (AvgIpc) is 2.79. The zero-order valence-corrected chi connectivity index (χ0v) is 12.0. The van der Waals surface area contributed by atoms with Crippen LogP contribution in [-0.2, 0) is 9.05 Å². The fourth-order valence-corrected chi connectivity index (χ4v) is 4.11. The molecule has 1 aromatic heterocycles. The van der Waals surface area contributed by atoms with Crippen molar-refractivity contribution in [3.05, 3.63) is 52.2 Å². The van der Waals surface area contributed by atoms with E-state index in [4.69, 9.17) is 10.7 Å². The van der Waals surface area contributed by atoms with E-state index in [1.807, 2.05) is 43.3 Å². The van der Waals surface area contributed by atoms with E-state index in [9.17, 15) is 8.42 Å². The lowest BCUT2D eigenvalue weighted by Crippen LogP contribution is -1.91. The van der Waals surface area contributed by atoms with Crippen molar-refractivity contribution < 1.29 is 8.42 Å². The highest BCUT2D eigenvalue weighted by Gasteiger charge is 2.17. The number of hydrogen-bond donors (Lipinski definition) is 0. The summed E-state index contributed by atoms with van der Waals surface area (Å²) in [6, 6.07) is 11.3. The normalized spacial score (nSPS) is 12.7. The molecule has 0 amide bonds. The van der Waals surface area contributed by atoms with Crippen LogP contribution in [0.2, 0.25) is 0 Å². The summed E-state index contributed by atoms with van der Waals surface area (Å²) in [6.45, 7) is 1.88. The van der Waals surface area contributed by atoms with E-state index in [0.29, 0.717) is 4.88 Å². The Labute approximate surface area is 115 Å². The van der Waals surface area contributed by atoms with Crippen molar-refractivity contribution in [2.75, 3.05) is 0 Å². The van der Waals surface area contributed by atoms with Crippen LogP contribution in [0.3, 0.4) is 0 Å². The van der Waals surface area contributed by atoms with Gasteiger partial charge in [0.05, 0.1) is 0 Å². The first-order valence-corrected chi connectivity index (χ1v) is 8.43. The van der Waals surface area contributed by atoms with Gasteiger partial charge in [0.2, 0.25) is 0 Å². The van der Waals surface area contributed by atoms with Gasteiger partial charge in [-0.3, -0.25) is 0 Å². The maximum absolute atomic E-state index is 11.4. The topological polar surface area (TPSA) is 34.1 Å². The molecule has 18 heavy (non-hydrogen) atoms. The number of rotatable bonds is 3. The van der Waals surface area contributed by atoms with E-state index in [1.165, 1.54) is 17.4 Å². The van der Waals surface area contributed by atoms with Crippen molar-refractivity contribution in [3.63, 3.8) is 0 Å². The van der Waals surface area contributed by atoms with Crippen molar-refractivity contribution in [2.24, 2.45) is 0 Å². The minimum Gasteiger partial charge on any atom is -0.207 e. The standard InChI is InChI=1S/C13H11ClO2S2/c1-10(9-11-5-3-2-4-6-11)13-12(7-8-17-13)18(14,15)16/h2-9H,1H3. The minimum atomic E-state index is -3.69. The summed E-state index contributed by atoms with van der Waals surface area (Å²) in [5.74, 6) is 0. The third-order valence-electron chi connectivity index (χ3n) is 2.43. The lowest BCUT2D eigenvalue weighted by molar-refractivity contribution is 0.610. The van der Waals surface area contributed by atoms with E-state index < -0.39 is 9.05 Å². The number of hydrogen-bond acceptors (Lipinski definition) is 3. The second-order valence-corrected chi connectivity index (χ2v) is 7.24. The second-order valence-electron chi connectivity index (χ2n) is 3.79. The highest BCUT2D eigenvalue weighted by atomic mass is 35.7. The summed E-state index contributed by atoms with van der Waals surface area (Å²) < 4.78 is 22.8. The molecule has 2 rings (SSSR count). The molecule has 94 valence electrons. The van der Waals surface area contributed by atoms with Crippen LogP contribution < -0.4 is 0 Å². The number of halogens is 1. The van der Waals surface area contributed by atoms with Gasteiger partial charge in [-0.25, -0.2) is 8.42 Å². The van der Waals surface area contributed by atoms with Gasteiger partial charge in [-0.05, 0) is 29.5 Å². The lowest BCUT2D eigenvalue weighted by Gasteiger charge is -2.01. The average molecular weight is 299 g/mol. The molecular formula is C13H11ClO2S2. The Kier molecular flexibility index (Phi) is 3.90. The van der Waals surface area contributed by atoms with Crippen LogP contribution in [0.4, 0.5) is 0 Å². The van der Waals surface area contributed by atoms with Crippen LogP contribution in [-0.4, -0.2) is 8.42 Å². The first-order chi connectivity index (χ1) is 8.48. The minimum absolute atomic E-state index is 0.179. The zero-order chi connectivity index (χ0) is 13.2. The third kappa shape index (κ3) is 3.02. The molecule has 2 nitrogen and oxygen atoms in total. The van der Waals surface area contributed by atoms with E-state index in [2.05, 4.69) is 0 Å². The van der Waals surface area contributed by atoms with Gasteiger partial charge in [0.1, 0.15) is 4.90 Å². The Bertz CT molecular complexity index is 670. The van der Waals surface area contributed by atoms with Crippen molar-refractivity contribution in [2.45, 2.75) is 11.8 Å². The molecule has 0 unspecified atom stereocenters. The zero-order valence-electron chi connectivity index (χ0n) is 9.63. The molecule has 1 aromatic carbocycles. The molecule has 0 aliphatic rings. The Morgan fingerprint density at radius 3 is 2.50 bits per heavy atom. The maximum Gasteiger partial charge on any atom is 0.262 e. The summed E-state index contributed by atoms with van der Waals surface area (Å²) in [4.78, 5) is 0.868. The van der Waals surface area contributed by atoms with Gasteiger partial charge < -0.3 is 0 Å². The fraction of sp³-hybridized carbons (Fsp3) is 0.0769. The molecule has 0 fully saturated rings. The van der Waals surface area contributed by atoms with Crippen LogP contribution in [0, 0.1) is 0 Å². The summed E-state index contributed by atoms with van der Waals surface area (Å²) in [6.07, 6.45) is 1.94. The molecule has 2 aromatic rings. The van der Waals surface area contributed by atoms with Gasteiger partial charge in [-0.1, -0.05) is 36.4 Å². The Balaban J connectivity index is 2.45. The van der Waals surface area contributed by atoms with E-state index in [1.54, 1.807) is 5.38 Å². The van der Waals surface area contributed by atoms with Crippen molar-refractivity contribution in [3.8, 4) is 0 Å². The highest BCUT2D eigenvalue weighted by Crippen LogP contribution is 2.31. The summed E-state index contributed by atoms with van der Waals surface area (Å²) in [5.41, 5.74) is 1.91. The fourth-order valence-electron chi connectivity index (χ4n) is 1.64. The molecule has 0 spiro atoms. The monoisotopic (exact) mass is 298 g/mol. The second kappa shape index (κ2) is 5.26. The van der Waals surface area contributed by atoms with Crippen LogP contribution in [0.15, 0.2) is 46.7 Å². The SMILES string of the molecule is CC(=Cc1ccccc1)c1sccc1S(=O)(=O)Cl.